The number of aromatic amines is 1. The molecule has 4 rings (SSSR count). The molecular weight excluding hydrogens is 290 g/mol. The normalized spacial score (nSPS) is 18.7. The molecule has 23 heavy (non-hydrogen) atoms. The highest BCUT2D eigenvalue weighted by molar-refractivity contribution is 6.08. The highest BCUT2D eigenvalue weighted by atomic mass is 16.5. The number of H-pyrrole nitrogens is 1. The Morgan fingerprint density at radius 1 is 1.43 bits per heavy atom. The number of nitrogens with zero attached hydrogens (tertiary/aromatic N) is 2. The largest absolute Gasteiger partial charge is 0.361 e. The zero-order chi connectivity index (χ0) is 15.8. The number of hydrogen-bond acceptors (Lipinski definition) is 4. The van der Waals surface area contributed by atoms with Crippen molar-refractivity contribution in [2.75, 3.05) is 13.1 Å². The first kappa shape index (κ1) is 14.2. The molecule has 1 aromatic carbocycles. The van der Waals surface area contributed by atoms with Crippen LogP contribution in [0.3, 0.4) is 0 Å². The Hall–Kier alpha value is -2.40. The van der Waals surface area contributed by atoms with Gasteiger partial charge in [-0.3, -0.25) is 9.69 Å². The third kappa shape index (κ3) is 2.57. The van der Waals surface area contributed by atoms with Crippen LogP contribution in [0.2, 0.25) is 0 Å². The highest BCUT2D eigenvalue weighted by Crippen LogP contribution is 2.31. The van der Waals surface area contributed by atoms with E-state index in [0.717, 1.165) is 47.3 Å². The number of fused-ring (bicyclic) bond motifs is 1. The average molecular weight is 309 g/mol. The van der Waals surface area contributed by atoms with E-state index in [0.29, 0.717) is 6.54 Å². The summed E-state index contributed by atoms with van der Waals surface area (Å²) in [7, 11) is 0. The van der Waals surface area contributed by atoms with Crippen molar-refractivity contribution in [3.8, 4) is 0 Å². The topological polar surface area (TPSA) is 62.1 Å². The molecule has 1 saturated heterocycles. The minimum Gasteiger partial charge on any atom is -0.361 e. The second kappa shape index (κ2) is 5.66. The van der Waals surface area contributed by atoms with E-state index in [1.807, 2.05) is 43.5 Å². The molecule has 0 bridgehead atoms. The van der Waals surface area contributed by atoms with Crippen LogP contribution in [-0.4, -0.2) is 33.9 Å². The summed E-state index contributed by atoms with van der Waals surface area (Å²) in [6, 6.07) is 10.1. The van der Waals surface area contributed by atoms with Crippen molar-refractivity contribution in [2.24, 2.45) is 0 Å². The average Bonchev–Trinajstić information content (AvgIpc) is 3.25. The van der Waals surface area contributed by atoms with Gasteiger partial charge in [-0.2, -0.15) is 0 Å². The van der Waals surface area contributed by atoms with Crippen LogP contribution in [0, 0.1) is 6.92 Å². The zero-order valence-electron chi connectivity index (χ0n) is 13.1. The quantitative estimate of drug-likeness (QED) is 0.749. The smallest absolute Gasteiger partial charge is 0.178 e. The summed E-state index contributed by atoms with van der Waals surface area (Å²) in [5, 5.41) is 5.13. The monoisotopic (exact) mass is 309 g/mol. The van der Waals surface area contributed by atoms with Crippen molar-refractivity contribution in [3.05, 3.63) is 53.5 Å². The van der Waals surface area contributed by atoms with E-state index in [4.69, 9.17) is 4.52 Å². The molecular formula is C18H19N3O2. The van der Waals surface area contributed by atoms with Crippen molar-refractivity contribution in [1.82, 2.24) is 15.0 Å². The van der Waals surface area contributed by atoms with Gasteiger partial charge in [-0.25, -0.2) is 0 Å². The number of ketones is 1. The van der Waals surface area contributed by atoms with Gasteiger partial charge in [0.2, 0.25) is 0 Å². The fraction of sp³-hybridized carbons (Fsp3) is 0.333. The number of nitrogens with one attached hydrogen (secondary N) is 1. The van der Waals surface area contributed by atoms with Crippen LogP contribution >= 0.6 is 0 Å². The molecule has 1 aliphatic heterocycles. The molecule has 2 aromatic heterocycles. The molecule has 0 amide bonds. The van der Waals surface area contributed by atoms with Crippen molar-refractivity contribution in [3.63, 3.8) is 0 Å². The Morgan fingerprint density at radius 2 is 2.30 bits per heavy atom. The molecule has 5 nitrogen and oxygen atoms in total. The van der Waals surface area contributed by atoms with Crippen LogP contribution in [0.1, 0.15) is 40.7 Å². The van der Waals surface area contributed by atoms with Crippen LogP contribution in [0.15, 0.2) is 41.1 Å². The van der Waals surface area contributed by atoms with E-state index in [2.05, 4.69) is 15.0 Å². The summed E-state index contributed by atoms with van der Waals surface area (Å²) < 4.78 is 5.19. The van der Waals surface area contributed by atoms with Gasteiger partial charge in [0.05, 0.1) is 12.6 Å². The van der Waals surface area contributed by atoms with Gasteiger partial charge >= 0.3 is 0 Å². The van der Waals surface area contributed by atoms with Gasteiger partial charge in [0.25, 0.3) is 0 Å². The number of aromatic nitrogens is 2. The van der Waals surface area contributed by atoms with Gasteiger partial charge in [-0.15, -0.1) is 0 Å². The third-order valence-corrected chi connectivity index (χ3v) is 4.59. The highest BCUT2D eigenvalue weighted by Gasteiger charge is 2.30. The SMILES string of the molecule is Cc1cc([C@@H]2CCCN2CC(=O)c2c[nH]c3ccccc23)no1. The predicted molar refractivity (Wildman–Crippen MR) is 87.4 cm³/mol. The van der Waals surface area contributed by atoms with Gasteiger partial charge in [0, 0.05) is 28.7 Å². The number of hydrogen-bond donors (Lipinski definition) is 1. The molecule has 1 N–H and O–H groups in total. The van der Waals surface area contributed by atoms with Crippen LogP contribution < -0.4 is 0 Å². The lowest BCUT2D eigenvalue weighted by molar-refractivity contribution is 0.0921. The number of carbonyl (C=O) groups excluding carboxylic acids is 1. The molecule has 0 saturated carbocycles. The maximum atomic E-state index is 12.8. The molecule has 0 aliphatic carbocycles. The van der Waals surface area contributed by atoms with E-state index in [9.17, 15) is 4.79 Å². The van der Waals surface area contributed by atoms with Gasteiger partial charge < -0.3 is 9.51 Å². The second-order valence-corrected chi connectivity index (χ2v) is 6.16. The lowest BCUT2D eigenvalue weighted by Gasteiger charge is -2.21. The fourth-order valence-corrected chi connectivity index (χ4v) is 3.46. The number of rotatable bonds is 4. The molecule has 1 fully saturated rings. The van der Waals surface area contributed by atoms with Crippen molar-refractivity contribution in [2.45, 2.75) is 25.8 Å². The van der Waals surface area contributed by atoms with Crippen LogP contribution in [-0.2, 0) is 0 Å². The fourth-order valence-electron chi connectivity index (χ4n) is 3.46. The lowest BCUT2D eigenvalue weighted by atomic mass is 10.1. The Kier molecular flexibility index (Phi) is 3.50. The number of Topliss-reactive ketones (excluding diaryl/α,β-unsaturated/α-hetero) is 1. The standard InChI is InChI=1S/C18H19N3O2/c1-12-9-16(20-23-12)17-7-4-8-21(17)11-18(22)14-10-19-15-6-3-2-5-13(14)15/h2-3,5-6,9-10,17,19H,4,7-8,11H2,1H3/t17-/m0/s1. The van der Waals surface area contributed by atoms with Crippen molar-refractivity contribution >= 4 is 16.7 Å². The first-order valence-corrected chi connectivity index (χ1v) is 7.99. The molecule has 0 spiro atoms. The van der Waals surface area contributed by atoms with Gasteiger partial charge in [-0.05, 0) is 32.4 Å². The van der Waals surface area contributed by atoms with Crippen LogP contribution in [0.25, 0.3) is 10.9 Å². The van der Waals surface area contributed by atoms with Gasteiger partial charge in [-0.1, -0.05) is 23.4 Å². The maximum Gasteiger partial charge on any atom is 0.178 e. The zero-order valence-corrected chi connectivity index (χ0v) is 13.1. The number of carbonyl (C=O) groups is 1. The van der Waals surface area contributed by atoms with Gasteiger partial charge in [0.1, 0.15) is 11.5 Å². The number of aryl methyl sites for hydroxylation is 1. The molecule has 3 heterocycles. The Balaban J connectivity index is 1.56. The third-order valence-electron chi connectivity index (χ3n) is 4.59. The molecule has 118 valence electrons. The number of likely N-dealkylation sites (tertiary alicyclic amines) is 1. The van der Waals surface area contributed by atoms with Crippen LogP contribution in [0.5, 0.6) is 0 Å². The Morgan fingerprint density at radius 3 is 3.13 bits per heavy atom. The minimum absolute atomic E-state index is 0.148. The van der Waals surface area contributed by atoms with Gasteiger partial charge in [0.15, 0.2) is 5.78 Å². The van der Waals surface area contributed by atoms with E-state index < -0.39 is 0 Å². The first-order valence-electron chi connectivity index (χ1n) is 7.99. The number of para-hydroxylation sites is 1. The molecule has 1 atom stereocenters. The molecule has 0 unspecified atom stereocenters. The summed E-state index contributed by atoms with van der Waals surface area (Å²) in [6.07, 6.45) is 3.92. The summed E-state index contributed by atoms with van der Waals surface area (Å²) in [4.78, 5) is 18.1. The van der Waals surface area contributed by atoms with E-state index >= 15 is 0 Å². The van der Waals surface area contributed by atoms with Crippen molar-refractivity contribution in [1.29, 1.82) is 0 Å². The Bertz CT molecular complexity index is 849. The molecule has 5 heteroatoms. The molecule has 0 radical (unpaired) electrons. The minimum atomic E-state index is 0.148. The van der Waals surface area contributed by atoms with Crippen LogP contribution in [0.4, 0.5) is 0 Å². The van der Waals surface area contributed by atoms with E-state index in [-0.39, 0.29) is 11.8 Å². The predicted octanol–water partition coefficient (Wildman–Crippen LogP) is 3.48. The first-order chi connectivity index (χ1) is 11.2. The van der Waals surface area contributed by atoms with E-state index in [1.165, 1.54) is 0 Å². The summed E-state index contributed by atoms with van der Waals surface area (Å²) >= 11 is 0. The summed E-state index contributed by atoms with van der Waals surface area (Å²) in [5.74, 6) is 0.962. The summed E-state index contributed by atoms with van der Waals surface area (Å²) in [5.41, 5.74) is 2.70. The lowest BCUT2D eigenvalue weighted by Crippen LogP contribution is -2.29. The second-order valence-electron chi connectivity index (χ2n) is 6.16. The Labute approximate surface area is 134 Å². The molecule has 3 aromatic rings. The van der Waals surface area contributed by atoms with Crippen molar-refractivity contribution < 1.29 is 9.32 Å². The summed E-state index contributed by atoms with van der Waals surface area (Å²) in [6.45, 7) is 3.23. The maximum absolute atomic E-state index is 12.8. The van der Waals surface area contributed by atoms with E-state index in [1.54, 1.807) is 0 Å². The number of benzene rings is 1. The molecule has 1 aliphatic rings.